The Bertz CT molecular complexity index is 348. The van der Waals surface area contributed by atoms with Gasteiger partial charge >= 0.3 is 23.9 Å². The minimum absolute atomic E-state index is 0.362. The Balaban J connectivity index is 5.10. The minimum atomic E-state index is -1.65. The highest BCUT2D eigenvalue weighted by Gasteiger charge is 2.42. The van der Waals surface area contributed by atoms with Gasteiger partial charge in [0.05, 0.1) is 20.1 Å². The van der Waals surface area contributed by atoms with E-state index in [9.17, 15) is 19.2 Å². The SMILES string of the molecule is COC(=O)[C](C(=O)O)C(CCC(=O)O)C(=O)OC. The predicted molar refractivity (Wildman–Crippen MR) is 55.3 cm³/mol. The molecule has 0 saturated heterocycles. The first-order chi connectivity index (χ1) is 8.34. The van der Waals surface area contributed by atoms with E-state index in [2.05, 4.69) is 9.47 Å². The molecule has 0 aliphatic carbocycles. The predicted octanol–water partition coefficient (Wildman–Crippen LogP) is -0.528. The molecule has 0 aliphatic rings. The van der Waals surface area contributed by atoms with Crippen LogP contribution in [0.15, 0.2) is 0 Å². The summed E-state index contributed by atoms with van der Waals surface area (Å²) >= 11 is 0. The molecule has 1 radical (unpaired) electrons. The fraction of sp³-hybridized carbons (Fsp3) is 0.500. The lowest BCUT2D eigenvalue weighted by Crippen LogP contribution is -2.35. The second-order valence-electron chi connectivity index (χ2n) is 3.22. The van der Waals surface area contributed by atoms with E-state index in [0.29, 0.717) is 0 Å². The first kappa shape index (κ1) is 15.9. The van der Waals surface area contributed by atoms with E-state index in [1.807, 2.05) is 0 Å². The van der Waals surface area contributed by atoms with Gasteiger partial charge in [-0.3, -0.25) is 19.2 Å². The number of carboxylic acids is 2. The van der Waals surface area contributed by atoms with Crippen LogP contribution < -0.4 is 0 Å². The van der Waals surface area contributed by atoms with Gasteiger partial charge in [-0.15, -0.1) is 0 Å². The molecule has 8 nitrogen and oxygen atoms in total. The summed E-state index contributed by atoms with van der Waals surface area (Å²) in [5.74, 6) is -7.40. The lowest BCUT2D eigenvalue weighted by atomic mass is 9.88. The summed E-state index contributed by atoms with van der Waals surface area (Å²) < 4.78 is 8.59. The Morgan fingerprint density at radius 2 is 1.61 bits per heavy atom. The van der Waals surface area contributed by atoms with Crippen molar-refractivity contribution in [2.75, 3.05) is 14.2 Å². The Morgan fingerprint density at radius 3 is 1.94 bits per heavy atom. The lowest BCUT2D eigenvalue weighted by molar-refractivity contribution is -0.156. The Morgan fingerprint density at radius 1 is 1.06 bits per heavy atom. The molecule has 1 unspecified atom stereocenters. The summed E-state index contributed by atoms with van der Waals surface area (Å²) in [4.78, 5) is 44.0. The molecule has 0 aromatic heterocycles. The maximum Gasteiger partial charge on any atom is 0.325 e. The monoisotopic (exact) mass is 261 g/mol. The van der Waals surface area contributed by atoms with E-state index in [1.54, 1.807) is 0 Å². The largest absolute Gasteiger partial charge is 0.481 e. The molecule has 2 N–H and O–H groups in total. The third kappa shape index (κ3) is 4.40. The zero-order chi connectivity index (χ0) is 14.3. The van der Waals surface area contributed by atoms with Gasteiger partial charge < -0.3 is 19.7 Å². The van der Waals surface area contributed by atoms with Crippen molar-refractivity contribution in [3.63, 3.8) is 0 Å². The lowest BCUT2D eigenvalue weighted by Gasteiger charge is -2.18. The minimum Gasteiger partial charge on any atom is -0.481 e. The van der Waals surface area contributed by atoms with Crippen LogP contribution in [0.5, 0.6) is 0 Å². The highest BCUT2D eigenvalue weighted by atomic mass is 16.5. The molecule has 0 fully saturated rings. The quantitative estimate of drug-likeness (QED) is 0.462. The van der Waals surface area contributed by atoms with Crippen LogP contribution in [-0.2, 0) is 28.7 Å². The highest BCUT2D eigenvalue weighted by Crippen LogP contribution is 2.23. The van der Waals surface area contributed by atoms with Gasteiger partial charge in [0, 0.05) is 6.42 Å². The summed E-state index contributed by atoms with van der Waals surface area (Å²) in [6, 6.07) is 0. The molecule has 0 amide bonds. The van der Waals surface area contributed by atoms with Crippen LogP contribution in [-0.4, -0.2) is 48.3 Å². The average molecular weight is 261 g/mol. The average Bonchev–Trinajstić information content (AvgIpc) is 2.31. The van der Waals surface area contributed by atoms with Crippen molar-refractivity contribution in [2.45, 2.75) is 12.8 Å². The van der Waals surface area contributed by atoms with Crippen LogP contribution in [0.25, 0.3) is 0 Å². The van der Waals surface area contributed by atoms with E-state index in [0.717, 1.165) is 14.2 Å². The molecule has 8 heteroatoms. The summed E-state index contributed by atoms with van der Waals surface area (Å²) in [6.45, 7) is 0. The number of esters is 2. The summed E-state index contributed by atoms with van der Waals surface area (Å²) in [7, 11) is 1.96. The zero-order valence-corrected chi connectivity index (χ0v) is 9.84. The summed E-state index contributed by atoms with van der Waals surface area (Å²) in [6.07, 6.45) is -0.841. The third-order valence-electron chi connectivity index (χ3n) is 2.12. The van der Waals surface area contributed by atoms with Crippen molar-refractivity contribution in [1.82, 2.24) is 0 Å². The number of hydrogen-bond acceptors (Lipinski definition) is 6. The number of aliphatic carboxylic acids is 2. The van der Waals surface area contributed by atoms with Crippen molar-refractivity contribution in [3.8, 4) is 0 Å². The molecule has 0 saturated carbocycles. The van der Waals surface area contributed by atoms with Crippen molar-refractivity contribution in [2.24, 2.45) is 5.92 Å². The Labute approximate surface area is 102 Å². The number of carbonyl (C=O) groups excluding carboxylic acids is 2. The van der Waals surface area contributed by atoms with Crippen molar-refractivity contribution >= 4 is 23.9 Å². The highest BCUT2D eigenvalue weighted by molar-refractivity contribution is 6.12. The van der Waals surface area contributed by atoms with E-state index < -0.39 is 42.1 Å². The molecule has 0 spiro atoms. The number of hydrogen-bond donors (Lipinski definition) is 2. The number of carbonyl (C=O) groups is 4. The normalized spacial score (nSPS) is 11.7. The molecular weight excluding hydrogens is 248 g/mol. The van der Waals surface area contributed by atoms with Gasteiger partial charge in [0.15, 0.2) is 0 Å². The van der Waals surface area contributed by atoms with Gasteiger partial charge in [-0.1, -0.05) is 0 Å². The van der Waals surface area contributed by atoms with Crippen LogP contribution in [0.1, 0.15) is 12.8 Å². The molecule has 0 aliphatic heterocycles. The topological polar surface area (TPSA) is 127 Å². The van der Waals surface area contributed by atoms with Crippen molar-refractivity contribution < 1.29 is 38.9 Å². The first-order valence-electron chi connectivity index (χ1n) is 4.83. The third-order valence-corrected chi connectivity index (χ3v) is 2.12. The zero-order valence-electron chi connectivity index (χ0n) is 9.84. The number of methoxy groups -OCH3 is 2. The Kier molecular flexibility index (Phi) is 6.40. The fourth-order valence-electron chi connectivity index (χ4n) is 1.28. The molecular formula is C10H13O8. The first-order valence-corrected chi connectivity index (χ1v) is 4.83. The van der Waals surface area contributed by atoms with E-state index in [1.165, 1.54) is 0 Å². The molecule has 0 aromatic rings. The second-order valence-corrected chi connectivity index (χ2v) is 3.22. The van der Waals surface area contributed by atoms with Gasteiger partial charge in [-0.05, 0) is 6.42 Å². The molecule has 0 heterocycles. The number of rotatable bonds is 7. The summed E-state index contributed by atoms with van der Waals surface area (Å²) in [5, 5.41) is 17.4. The van der Waals surface area contributed by atoms with E-state index >= 15 is 0 Å². The Hall–Kier alpha value is -2.12. The molecule has 18 heavy (non-hydrogen) atoms. The van der Waals surface area contributed by atoms with E-state index in [-0.39, 0.29) is 6.42 Å². The van der Waals surface area contributed by atoms with Crippen LogP contribution >= 0.6 is 0 Å². The van der Waals surface area contributed by atoms with E-state index in [4.69, 9.17) is 10.2 Å². The second kappa shape index (κ2) is 7.25. The van der Waals surface area contributed by atoms with Crippen LogP contribution in [0, 0.1) is 11.8 Å². The molecule has 1 atom stereocenters. The molecule has 0 rings (SSSR count). The van der Waals surface area contributed by atoms with Gasteiger partial charge in [0.25, 0.3) is 0 Å². The van der Waals surface area contributed by atoms with Gasteiger partial charge in [0.2, 0.25) is 5.92 Å². The van der Waals surface area contributed by atoms with Gasteiger partial charge in [0.1, 0.15) is 0 Å². The standard InChI is InChI=1S/C10H13O8/c1-17-9(15)5(3-4-6(11)12)7(8(13)14)10(16)18-2/h5H,3-4H2,1-2H3,(H,11,12)(H,13,14). The fourth-order valence-corrected chi connectivity index (χ4v) is 1.28. The summed E-state index contributed by atoms with van der Waals surface area (Å²) in [5.41, 5.74) is 0. The van der Waals surface area contributed by atoms with Crippen LogP contribution in [0.2, 0.25) is 0 Å². The van der Waals surface area contributed by atoms with Crippen molar-refractivity contribution in [3.05, 3.63) is 5.92 Å². The van der Waals surface area contributed by atoms with Crippen LogP contribution in [0.4, 0.5) is 0 Å². The molecule has 0 aromatic carbocycles. The maximum atomic E-state index is 11.4. The number of carboxylic acid groups (broad SMARTS) is 2. The molecule has 0 bridgehead atoms. The maximum absolute atomic E-state index is 11.4. The van der Waals surface area contributed by atoms with Crippen molar-refractivity contribution in [1.29, 1.82) is 0 Å². The van der Waals surface area contributed by atoms with Gasteiger partial charge in [-0.25, -0.2) is 0 Å². The number of ether oxygens (including phenoxy) is 2. The van der Waals surface area contributed by atoms with Gasteiger partial charge in [-0.2, -0.15) is 0 Å². The smallest absolute Gasteiger partial charge is 0.325 e. The molecule has 101 valence electrons. The van der Waals surface area contributed by atoms with Crippen LogP contribution in [0.3, 0.4) is 0 Å².